The van der Waals surface area contributed by atoms with E-state index in [1.165, 1.54) is 0 Å². The molecule has 0 aliphatic heterocycles. The van der Waals surface area contributed by atoms with Crippen molar-refractivity contribution in [1.29, 1.82) is 0 Å². The molecule has 3 N–H and O–H groups in total. The number of hydrogen-bond donors (Lipinski definition) is 2. The van der Waals surface area contributed by atoms with Crippen molar-refractivity contribution in [2.24, 2.45) is 5.73 Å². The first-order valence-corrected chi connectivity index (χ1v) is 6.08. The van der Waals surface area contributed by atoms with Gasteiger partial charge in [-0.05, 0) is 53.7 Å². The summed E-state index contributed by atoms with van der Waals surface area (Å²) < 4.78 is 0.913. The van der Waals surface area contributed by atoms with Crippen molar-refractivity contribution < 1.29 is 0 Å². The maximum Gasteiger partial charge on any atom is 0.109 e. The van der Waals surface area contributed by atoms with Gasteiger partial charge in [0, 0.05) is 12.1 Å². The minimum Gasteiger partial charge on any atom is -0.381 e. The van der Waals surface area contributed by atoms with Crippen LogP contribution < -0.4 is 11.1 Å². The van der Waals surface area contributed by atoms with Crippen LogP contribution in [0.5, 0.6) is 0 Å². The van der Waals surface area contributed by atoms with Crippen molar-refractivity contribution in [3.8, 4) is 0 Å². The van der Waals surface area contributed by atoms with Gasteiger partial charge in [-0.2, -0.15) is 0 Å². The third kappa shape index (κ3) is 2.69. The lowest BCUT2D eigenvalue weighted by atomic mass is 10.2. The Morgan fingerprint density at radius 3 is 2.93 bits per heavy atom. The summed E-state index contributed by atoms with van der Waals surface area (Å²) in [5.41, 5.74) is 8.12. The fourth-order valence-electron chi connectivity index (χ4n) is 2.02. The molecule has 0 radical (unpaired) electrons. The summed E-state index contributed by atoms with van der Waals surface area (Å²) in [6.07, 6.45) is 5.22. The first kappa shape index (κ1) is 10.9. The SMILES string of the molecule is Cc1cc(NC2CCC(N)C2)cnc1Br. The molecule has 3 nitrogen and oxygen atoms in total. The molecule has 1 aromatic heterocycles. The molecular weight excluding hydrogens is 254 g/mol. The fourth-order valence-corrected chi connectivity index (χ4v) is 2.24. The maximum atomic E-state index is 5.87. The summed E-state index contributed by atoms with van der Waals surface area (Å²) in [7, 11) is 0. The number of hydrogen-bond acceptors (Lipinski definition) is 3. The average molecular weight is 270 g/mol. The highest BCUT2D eigenvalue weighted by Gasteiger charge is 2.21. The van der Waals surface area contributed by atoms with Crippen LogP contribution in [0.2, 0.25) is 0 Å². The molecule has 82 valence electrons. The van der Waals surface area contributed by atoms with Crippen LogP contribution >= 0.6 is 15.9 Å². The lowest BCUT2D eigenvalue weighted by Gasteiger charge is -2.14. The van der Waals surface area contributed by atoms with E-state index in [2.05, 4.69) is 32.3 Å². The Morgan fingerprint density at radius 2 is 2.33 bits per heavy atom. The maximum absolute atomic E-state index is 5.87. The predicted molar refractivity (Wildman–Crippen MR) is 65.9 cm³/mol. The highest BCUT2D eigenvalue weighted by atomic mass is 79.9. The number of aryl methyl sites for hydroxylation is 1. The van der Waals surface area contributed by atoms with E-state index in [1.54, 1.807) is 0 Å². The molecule has 0 saturated heterocycles. The van der Waals surface area contributed by atoms with Gasteiger partial charge in [0.25, 0.3) is 0 Å². The van der Waals surface area contributed by atoms with Gasteiger partial charge < -0.3 is 11.1 Å². The number of nitrogens with zero attached hydrogens (tertiary/aromatic N) is 1. The first-order valence-electron chi connectivity index (χ1n) is 5.29. The van der Waals surface area contributed by atoms with Crippen molar-refractivity contribution >= 4 is 21.6 Å². The minimum absolute atomic E-state index is 0.368. The highest BCUT2D eigenvalue weighted by molar-refractivity contribution is 9.10. The van der Waals surface area contributed by atoms with Crippen LogP contribution in [0.3, 0.4) is 0 Å². The number of rotatable bonds is 2. The summed E-state index contributed by atoms with van der Waals surface area (Å²) in [6.45, 7) is 2.04. The largest absolute Gasteiger partial charge is 0.381 e. The monoisotopic (exact) mass is 269 g/mol. The minimum atomic E-state index is 0.368. The van der Waals surface area contributed by atoms with Gasteiger partial charge in [0.2, 0.25) is 0 Å². The van der Waals surface area contributed by atoms with Crippen LogP contribution in [-0.4, -0.2) is 17.1 Å². The van der Waals surface area contributed by atoms with E-state index >= 15 is 0 Å². The summed E-state index contributed by atoms with van der Waals surface area (Å²) in [4.78, 5) is 4.26. The molecule has 0 spiro atoms. The highest BCUT2D eigenvalue weighted by Crippen LogP contribution is 2.23. The molecule has 1 fully saturated rings. The molecule has 1 saturated carbocycles. The quantitative estimate of drug-likeness (QED) is 0.811. The zero-order valence-electron chi connectivity index (χ0n) is 8.83. The molecule has 0 aromatic carbocycles. The van der Waals surface area contributed by atoms with Gasteiger partial charge >= 0.3 is 0 Å². The second-order valence-electron chi connectivity index (χ2n) is 4.25. The Balaban J connectivity index is 2.02. The second-order valence-corrected chi connectivity index (χ2v) is 5.00. The van der Waals surface area contributed by atoms with E-state index in [9.17, 15) is 0 Å². The smallest absolute Gasteiger partial charge is 0.109 e. The van der Waals surface area contributed by atoms with Gasteiger partial charge in [-0.25, -0.2) is 4.98 Å². The molecule has 1 aliphatic carbocycles. The lowest BCUT2D eigenvalue weighted by molar-refractivity contribution is 0.687. The Morgan fingerprint density at radius 1 is 1.53 bits per heavy atom. The molecular formula is C11H16BrN3. The van der Waals surface area contributed by atoms with Crippen LogP contribution in [0.1, 0.15) is 24.8 Å². The van der Waals surface area contributed by atoms with Gasteiger partial charge in [0.1, 0.15) is 4.60 Å². The topological polar surface area (TPSA) is 50.9 Å². The number of anilines is 1. The third-order valence-corrected chi connectivity index (χ3v) is 3.69. The van der Waals surface area contributed by atoms with Crippen molar-refractivity contribution in [3.05, 3.63) is 22.4 Å². The fraction of sp³-hybridized carbons (Fsp3) is 0.545. The molecule has 1 heterocycles. The number of pyridine rings is 1. The van der Waals surface area contributed by atoms with Crippen molar-refractivity contribution in [2.45, 2.75) is 38.3 Å². The number of halogens is 1. The molecule has 0 bridgehead atoms. The van der Waals surface area contributed by atoms with Crippen molar-refractivity contribution in [2.75, 3.05) is 5.32 Å². The molecule has 1 aliphatic rings. The Labute approximate surface area is 98.6 Å². The standard InChI is InChI=1S/C11H16BrN3/c1-7-4-10(6-14-11(7)12)15-9-3-2-8(13)5-9/h4,6,8-9,15H,2-3,5,13H2,1H3. The van der Waals surface area contributed by atoms with Gasteiger partial charge in [-0.1, -0.05) is 0 Å². The molecule has 2 atom stereocenters. The first-order chi connectivity index (χ1) is 7.15. The molecule has 2 unspecified atom stereocenters. The van der Waals surface area contributed by atoms with E-state index in [-0.39, 0.29) is 0 Å². The Kier molecular flexibility index (Phi) is 3.26. The van der Waals surface area contributed by atoms with Gasteiger partial charge in [-0.15, -0.1) is 0 Å². The normalized spacial score (nSPS) is 25.5. The van der Waals surface area contributed by atoms with Gasteiger partial charge in [-0.3, -0.25) is 0 Å². The van der Waals surface area contributed by atoms with Crippen molar-refractivity contribution in [3.63, 3.8) is 0 Å². The Bertz CT molecular complexity index is 354. The van der Waals surface area contributed by atoms with E-state index in [0.717, 1.165) is 35.1 Å². The van der Waals surface area contributed by atoms with E-state index < -0.39 is 0 Å². The number of nitrogens with two attached hydrogens (primary N) is 1. The van der Waals surface area contributed by atoms with Crippen LogP contribution in [0, 0.1) is 6.92 Å². The number of nitrogens with one attached hydrogen (secondary N) is 1. The second kappa shape index (κ2) is 4.49. The Hall–Kier alpha value is -0.610. The van der Waals surface area contributed by atoms with Crippen molar-refractivity contribution in [1.82, 2.24) is 4.98 Å². The van der Waals surface area contributed by atoms with Gasteiger partial charge in [0.15, 0.2) is 0 Å². The zero-order valence-corrected chi connectivity index (χ0v) is 10.4. The lowest BCUT2D eigenvalue weighted by Crippen LogP contribution is -2.20. The van der Waals surface area contributed by atoms with E-state index in [0.29, 0.717) is 12.1 Å². The van der Waals surface area contributed by atoms with Gasteiger partial charge in [0.05, 0.1) is 11.9 Å². The van der Waals surface area contributed by atoms with Crippen LogP contribution in [0.25, 0.3) is 0 Å². The van der Waals surface area contributed by atoms with Crippen LogP contribution in [0.15, 0.2) is 16.9 Å². The zero-order chi connectivity index (χ0) is 10.8. The summed E-state index contributed by atoms with van der Waals surface area (Å²) in [6, 6.07) is 3.00. The summed E-state index contributed by atoms with van der Waals surface area (Å²) in [5.74, 6) is 0. The molecule has 4 heteroatoms. The van der Waals surface area contributed by atoms with Crippen LogP contribution in [-0.2, 0) is 0 Å². The summed E-state index contributed by atoms with van der Waals surface area (Å²) >= 11 is 3.39. The predicted octanol–water partition coefficient (Wildman–Crippen LogP) is 2.44. The molecule has 1 aromatic rings. The molecule has 0 amide bonds. The molecule has 2 rings (SSSR count). The van der Waals surface area contributed by atoms with E-state index in [1.807, 2.05) is 13.1 Å². The summed E-state index contributed by atoms with van der Waals surface area (Å²) in [5, 5.41) is 3.48. The third-order valence-electron chi connectivity index (χ3n) is 2.86. The van der Waals surface area contributed by atoms with Crippen LogP contribution in [0.4, 0.5) is 5.69 Å². The number of aromatic nitrogens is 1. The average Bonchev–Trinajstić information content (AvgIpc) is 2.58. The molecule has 15 heavy (non-hydrogen) atoms. The van der Waals surface area contributed by atoms with E-state index in [4.69, 9.17) is 5.73 Å².